The molecule has 0 aromatic carbocycles. The zero-order valence-electron chi connectivity index (χ0n) is 5.25. The lowest BCUT2D eigenvalue weighted by Gasteiger charge is -1.95. The quantitative estimate of drug-likeness (QED) is 0.589. The summed E-state index contributed by atoms with van der Waals surface area (Å²) < 4.78 is 2.06. The smallest absolute Gasteiger partial charge is 0.0268 e. The van der Waals surface area contributed by atoms with E-state index >= 15 is 0 Å². The summed E-state index contributed by atoms with van der Waals surface area (Å²) in [6.45, 7) is 0.927. The molecule has 1 heterocycles. The molecule has 0 atom stereocenters. The van der Waals surface area contributed by atoms with Crippen molar-refractivity contribution in [3.05, 3.63) is 24.5 Å². The number of hydrogen-bond donors (Lipinski definition) is 1. The molecule has 0 aliphatic rings. The second kappa shape index (κ2) is 3.07. The Morgan fingerprint density at radius 1 is 1.33 bits per heavy atom. The number of nitrogens with zero attached hydrogens (tertiary/aromatic N) is 1. The van der Waals surface area contributed by atoms with E-state index < -0.39 is 0 Å². The molecule has 1 rings (SSSR count). The highest BCUT2D eigenvalue weighted by Gasteiger charge is 1.83. The van der Waals surface area contributed by atoms with Crippen LogP contribution in [0.3, 0.4) is 0 Å². The highest BCUT2D eigenvalue weighted by molar-refractivity contribution is 5.52. The van der Waals surface area contributed by atoms with Gasteiger partial charge in [-0.2, -0.15) is 0 Å². The summed E-state index contributed by atoms with van der Waals surface area (Å²) >= 11 is 0. The van der Waals surface area contributed by atoms with Crippen LogP contribution in [-0.2, 0) is 6.54 Å². The van der Waals surface area contributed by atoms with Crippen molar-refractivity contribution in [1.82, 2.24) is 4.57 Å². The van der Waals surface area contributed by atoms with E-state index in [1.807, 2.05) is 24.5 Å². The molecule has 0 aliphatic heterocycles. The molecule has 0 saturated heterocycles. The van der Waals surface area contributed by atoms with Crippen molar-refractivity contribution in [3.8, 4) is 0 Å². The van der Waals surface area contributed by atoms with Gasteiger partial charge < -0.3 is 9.98 Å². The van der Waals surface area contributed by atoms with E-state index in [-0.39, 0.29) is 0 Å². The number of nitrogens with one attached hydrogen (secondary N) is 1. The number of rotatable bonds is 3. The van der Waals surface area contributed by atoms with Gasteiger partial charge in [0, 0.05) is 18.9 Å². The minimum absolute atomic E-state index is 0.828. The monoisotopic (exact) mass is 122 g/mol. The Morgan fingerprint density at radius 2 is 2.00 bits per heavy atom. The number of hydrogen-bond acceptors (Lipinski definition) is 1. The van der Waals surface area contributed by atoms with Gasteiger partial charge in [-0.1, -0.05) is 0 Å². The maximum absolute atomic E-state index is 6.77. The molecule has 1 aromatic heterocycles. The molecule has 0 saturated carbocycles. The molecule has 0 unspecified atom stereocenters. The lowest BCUT2D eigenvalue weighted by Crippen LogP contribution is -1.92. The van der Waals surface area contributed by atoms with Gasteiger partial charge in [0.1, 0.15) is 0 Å². The van der Waals surface area contributed by atoms with Gasteiger partial charge in [-0.15, -0.1) is 0 Å². The van der Waals surface area contributed by atoms with Crippen LogP contribution >= 0.6 is 0 Å². The predicted molar refractivity (Wildman–Crippen MR) is 37.8 cm³/mol. The van der Waals surface area contributed by atoms with Crippen LogP contribution in [0.4, 0.5) is 0 Å². The molecule has 0 aliphatic carbocycles. The second-order valence-electron chi connectivity index (χ2n) is 1.91. The Balaban J connectivity index is 2.38. The minimum atomic E-state index is 0.828. The summed E-state index contributed by atoms with van der Waals surface area (Å²) in [5.41, 5.74) is 0. The van der Waals surface area contributed by atoms with Crippen LogP contribution in [0.1, 0.15) is 6.42 Å². The predicted octanol–water partition coefficient (Wildman–Crippen LogP) is 1.53. The third-order valence-electron chi connectivity index (χ3n) is 1.20. The molecule has 1 N–H and O–H groups in total. The first-order valence-electron chi connectivity index (χ1n) is 3.03. The molecular weight excluding hydrogens is 112 g/mol. The Hall–Kier alpha value is -1.05. The van der Waals surface area contributed by atoms with E-state index in [1.165, 1.54) is 6.21 Å². The molecular formula is C7H10N2. The number of aromatic nitrogens is 1. The van der Waals surface area contributed by atoms with Gasteiger partial charge in [0.2, 0.25) is 0 Å². The Kier molecular flexibility index (Phi) is 2.07. The maximum Gasteiger partial charge on any atom is 0.0268 e. The summed E-state index contributed by atoms with van der Waals surface area (Å²) in [5, 5.41) is 6.77. The molecule has 0 radical (unpaired) electrons. The van der Waals surface area contributed by atoms with Crippen LogP contribution in [0.2, 0.25) is 0 Å². The van der Waals surface area contributed by atoms with Crippen molar-refractivity contribution in [2.24, 2.45) is 0 Å². The fourth-order valence-corrected chi connectivity index (χ4v) is 0.733. The fraction of sp³-hybridized carbons (Fsp3) is 0.286. The van der Waals surface area contributed by atoms with Crippen LogP contribution in [0.5, 0.6) is 0 Å². The Bertz CT molecular complexity index is 165. The van der Waals surface area contributed by atoms with E-state index in [2.05, 4.69) is 4.57 Å². The molecule has 2 nitrogen and oxygen atoms in total. The summed E-state index contributed by atoms with van der Waals surface area (Å²) in [7, 11) is 0. The number of aryl methyl sites for hydroxylation is 1. The van der Waals surface area contributed by atoms with Gasteiger partial charge in [-0.3, -0.25) is 0 Å². The van der Waals surface area contributed by atoms with Crippen LogP contribution in [0.25, 0.3) is 0 Å². The van der Waals surface area contributed by atoms with E-state index in [0.29, 0.717) is 0 Å². The van der Waals surface area contributed by atoms with Crippen molar-refractivity contribution in [2.45, 2.75) is 13.0 Å². The van der Waals surface area contributed by atoms with Gasteiger partial charge >= 0.3 is 0 Å². The average Bonchev–Trinajstić information content (AvgIpc) is 2.34. The van der Waals surface area contributed by atoms with Crippen molar-refractivity contribution >= 4 is 6.21 Å². The molecule has 0 amide bonds. The van der Waals surface area contributed by atoms with Crippen LogP contribution in [0.15, 0.2) is 24.5 Å². The first-order chi connectivity index (χ1) is 4.43. The van der Waals surface area contributed by atoms with Crippen LogP contribution in [-0.4, -0.2) is 10.8 Å². The molecule has 2 heteroatoms. The maximum atomic E-state index is 6.77. The van der Waals surface area contributed by atoms with Crippen LogP contribution in [0, 0.1) is 5.41 Å². The van der Waals surface area contributed by atoms with Gasteiger partial charge in [0.15, 0.2) is 0 Å². The largest absolute Gasteiger partial charge is 0.354 e. The van der Waals surface area contributed by atoms with Gasteiger partial charge in [0.05, 0.1) is 0 Å². The van der Waals surface area contributed by atoms with Crippen molar-refractivity contribution in [3.63, 3.8) is 0 Å². The molecule has 48 valence electrons. The average molecular weight is 122 g/mol. The van der Waals surface area contributed by atoms with Gasteiger partial charge in [-0.25, -0.2) is 0 Å². The lowest BCUT2D eigenvalue weighted by molar-refractivity contribution is 0.735. The summed E-state index contributed by atoms with van der Waals surface area (Å²) in [4.78, 5) is 0. The summed E-state index contributed by atoms with van der Waals surface area (Å²) in [6.07, 6.45) is 6.27. The van der Waals surface area contributed by atoms with E-state index in [1.54, 1.807) is 0 Å². The zero-order valence-corrected chi connectivity index (χ0v) is 5.25. The normalized spacial score (nSPS) is 9.33. The van der Waals surface area contributed by atoms with E-state index in [0.717, 1.165) is 13.0 Å². The highest BCUT2D eigenvalue weighted by Crippen LogP contribution is 1.90. The van der Waals surface area contributed by atoms with Crippen molar-refractivity contribution < 1.29 is 0 Å². The molecule has 9 heavy (non-hydrogen) atoms. The second-order valence-corrected chi connectivity index (χ2v) is 1.91. The van der Waals surface area contributed by atoms with E-state index in [9.17, 15) is 0 Å². The Morgan fingerprint density at radius 3 is 2.56 bits per heavy atom. The molecule has 0 bridgehead atoms. The topological polar surface area (TPSA) is 28.8 Å². The highest BCUT2D eigenvalue weighted by atomic mass is 14.9. The third kappa shape index (κ3) is 1.72. The third-order valence-corrected chi connectivity index (χ3v) is 1.20. The standard InChI is InChI=1S/C7H10N2/c8-4-3-7-9-5-1-2-6-9/h1-2,4-6,8H,3,7H2. The molecule has 0 fully saturated rings. The zero-order chi connectivity index (χ0) is 6.53. The van der Waals surface area contributed by atoms with Gasteiger partial charge in [-0.05, 0) is 24.8 Å². The van der Waals surface area contributed by atoms with Crippen LogP contribution < -0.4 is 0 Å². The molecule has 1 aromatic rings. The Labute approximate surface area is 54.6 Å². The molecule has 0 spiro atoms. The summed E-state index contributed by atoms with van der Waals surface area (Å²) in [6, 6.07) is 3.98. The fourth-order valence-electron chi connectivity index (χ4n) is 0.733. The van der Waals surface area contributed by atoms with Gasteiger partial charge in [0.25, 0.3) is 0 Å². The van der Waals surface area contributed by atoms with Crippen molar-refractivity contribution in [2.75, 3.05) is 0 Å². The van der Waals surface area contributed by atoms with E-state index in [4.69, 9.17) is 5.41 Å². The first-order valence-corrected chi connectivity index (χ1v) is 3.03. The lowest BCUT2D eigenvalue weighted by atomic mass is 10.4. The van der Waals surface area contributed by atoms with Crippen molar-refractivity contribution in [1.29, 1.82) is 5.41 Å². The summed E-state index contributed by atoms with van der Waals surface area (Å²) in [5.74, 6) is 0. The first kappa shape index (κ1) is 6.08. The SMILES string of the molecule is N=CCCn1cccc1. The minimum Gasteiger partial charge on any atom is -0.354 e.